The molecule has 0 unspecified atom stereocenters. The van der Waals surface area contributed by atoms with E-state index < -0.39 is 0 Å². The van der Waals surface area contributed by atoms with Crippen LogP contribution < -0.4 is 10.6 Å². The Morgan fingerprint density at radius 1 is 1.19 bits per heavy atom. The molecule has 2 aromatic carbocycles. The lowest BCUT2D eigenvalue weighted by atomic mass is 10.1. The Labute approximate surface area is 128 Å². The lowest BCUT2D eigenvalue weighted by Gasteiger charge is -2.25. The van der Waals surface area contributed by atoms with Gasteiger partial charge in [-0.1, -0.05) is 35.9 Å². The largest absolute Gasteiger partial charge is 0.388 e. The lowest BCUT2D eigenvalue weighted by molar-refractivity contribution is 0.604. The molecular formula is C16H17ClFN3. The fraction of sp³-hybridized carbons (Fsp3) is 0.188. The summed E-state index contributed by atoms with van der Waals surface area (Å²) in [6.07, 6.45) is 0.435. The van der Waals surface area contributed by atoms with Crippen LogP contribution in [0, 0.1) is 11.2 Å². The van der Waals surface area contributed by atoms with Crippen molar-refractivity contribution in [2.75, 3.05) is 11.4 Å². The number of hydrogen-bond donors (Lipinski definition) is 2. The Morgan fingerprint density at radius 3 is 2.52 bits per heavy atom. The van der Waals surface area contributed by atoms with Crippen molar-refractivity contribution in [3.8, 4) is 0 Å². The van der Waals surface area contributed by atoms with Gasteiger partial charge in [0.1, 0.15) is 5.82 Å². The van der Waals surface area contributed by atoms with Crippen molar-refractivity contribution in [1.29, 1.82) is 5.41 Å². The van der Waals surface area contributed by atoms with Gasteiger partial charge in [-0.25, -0.2) is 4.39 Å². The van der Waals surface area contributed by atoms with Gasteiger partial charge >= 0.3 is 0 Å². The number of amidine groups is 1. The monoisotopic (exact) mass is 305 g/mol. The van der Waals surface area contributed by atoms with E-state index in [0.717, 1.165) is 5.69 Å². The highest BCUT2D eigenvalue weighted by Gasteiger charge is 2.11. The van der Waals surface area contributed by atoms with Gasteiger partial charge in [0.2, 0.25) is 0 Å². The van der Waals surface area contributed by atoms with E-state index in [1.807, 2.05) is 35.2 Å². The average Bonchev–Trinajstić information content (AvgIpc) is 2.46. The number of nitrogens with one attached hydrogen (secondary N) is 1. The number of para-hydroxylation sites is 1. The molecule has 3 N–H and O–H groups in total. The molecule has 0 radical (unpaired) electrons. The SMILES string of the molecule is N=C(N)CCN(Cc1ccc(Cl)cc1F)c1ccccc1. The molecule has 0 aliphatic carbocycles. The summed E-state index contributed by atoms with van der Waals surface area (Å²) in [7, 11) is 0. The van der Waals surface area contributed by atoms with Crippen molar-refractivity contribution in [2.24, 2.45) is 5.73 Å². The summed E-state index contributed by atoms with van der Waals surface area (Å²) in [5, 5.41) is 7.74. The Kier molecular flexibility index (Phi) is 5.17. The Balaban J connectivity index is 2.21. The van der Waals surface area contributed by atoms with Crippen LogP contribution >= 0.6 is 11.6 Å². The van der Waals surface area contributed by atoms with Crippen molar-refractivity contribution in [1.82, 2.24) is 0 Å². The molecule has 21 heavy (non-hydrogen) atoms. The molecule has 5 heteroatoms. The highest BCUT2D eigenvalue weighted by atomic mass is 35.5. The molecule has 110 valence electrons. The predicted octanol–water partition coefficient (Wildman–Crippen LogP) is 3.81. The van der Waals surface area contributed by atoms with E-state index >= 15 is 0 Å². The van der Waals surface area contributed by atoms with Gasteiger partial charge in [0, 0.05) is 35.8 Å². The summed E-state index contributed by atoms with van der Waals surface area (Å²) in [5.41, 5.74) is 6.95. The standard InChI is InChI=1S/C16H17ClFN3/c17-13-7-6-12(15(18)10-13)11-21(9-8-16(19)20)14-4-2-1-3-5-14/h1-7,10H,8-9,11H2,(H3,19,20). The first kappa shape index (κ1) is 15.3. The molecular weight excluding hydrogens is 289 g/mol. The molecule has 0 saturated heterocycles. The predicted molar refractivity (Wildman–Crippen MR) is 85.4 cm³/mol. The summed E-state index contributed by atoms with van der Waals surface area (Å²) in [6, 6.07) is 14.3. The second kappa shape index (κ2) is 7.09. The van der Waals surface area contributed by atoms with Gasteiger partial charge in [-0.2, -0.15) is 0 Å². The van der Waals surface area contributed by atoms with Crippen molar-refractivity contribution < 1.29 is 4.39 Å². The second-order valence-electron chi connectivity index (χ2n) is 4.77. The topological polar surface area (TPSA) is 53.1 Å². The number of rotatable bonds is 6. The fourth-order valence-corrected chi connectivity index (χ4v) is 2.21. The van der Waals surface area contributed by atoms with Crippen LogP contribution in [0.5, 0.6) is 0 Å². The number of nitrogens with zero attached hydrogens (tertiary/aromatic N) is 1. The van der Waals surface area contributed by atoms with Gasteiger partial charge in [0.05, 0.1) is 5.84 Å². The van der Waals surface area contributed by atoms with Crippen LogP contribution in [0.15, 0.2) is 48.5 Å². The van der Waals surface area contributed by atoms with Crippen LogP contribution in [0.25, 0.3) is 0 Å². The van der Waals surface area contributed by atoms with Crippen molar-refractivity contribution >= 4 is 23.1 Å². The maximum absolute atomic E-state index is 13.9. The second-order valence-corrected chi connectivity index (χ2v) is 5.20. The van der Waals surface area contributed by atoms with Gasteiger partial charge in [0.15, 0.2) is 0 Å². The van der Waals surface area contributed by atoms with Gasteiger partial charge in [-0.15, -0.1) is 0 Å². The zero-order valence-corrected chi connectivity index (χ0v) is 12.3. The highest BCUT2D eigenvalue weighted by Crippen LogP contribution is 2.20. The molecule has 0 aromatic heterocycles. The van der Waals surface area contributed by atoms with E-state index in [1.54, 1.807) is 12.1 Å². The molecule has 0 fully saturated rings. The van der Waals surface area contributed by atoms with Crippen LogP contribution in [-0.2, 0) is 6.54 Å². The lowest BCUT2D eigenvalue weighted by Crippen LogP contribution is -2.27. The van der Waals surface area contributed by atoms with Crippen LogP contribution in [-0.4, -0.2) is 12.4 Å². The molecule has 0 aliphatic rings. The molecule has 0 heterocycles. The normalized spacial score (nSPS) is 10.4. The molecule has 3 nitrogen and oxygen atoms in total. The van der Waals surface area contributed by atoms with Gasteiger partial charge in [0.25, 0.3) is 0 Å². The van der Waals surface area contributed by atoms with Crippen LogP contribution in [0.3, 0.4) is 0 Å². The minimum absolute atomic E-state index is 0.118. The molecule has 2 rings (SSSR count). The number of halogens is 2. The fourth-order valence-electron chi connectivity index (χ4n) is 2.05. The van der Waals surface area contributed by atoms with Gasteiger partial charge < -0.3 is 10.6 Å². The number of hydrogen-bond acceptors (Lipinski definition) is 2. The van der Waals surface area contributed by atoms with Crippen LogP contribution in [0.4, 0.5) is 10.1 Å². The van der Waals surface area contributed by atoms with Crippen molar-refractivity contribution in [3.05, 3.63) is 64.9 Å². The molecule has 0 atom stereocenters. The Bertz CT molecular complexity index is 616. The Hall–Kier alpha value is -2.07. The van der Waals surface area contributed by atoms with E-state index in [0.29, 0.717) is 30.1 Å². The summed E-state index contributed by atoms with van der Waals surface area (Å²) in [4.78, 5) is 1.99. The van der Waals surface area contributed by atoms with E-state index in [9.17, 15) is 4.39 Å². The van der Waals surface area contributed by atoms with E-state index in [2.05, 4.69) is 0 Å². The van der Waals surface area contributed by atoms with E-state index in [-0.39, 0.29) is 11.7 Å². The van der Waals surface area contributed by atoms with Gasteiger partial charge in [-0.05, 0) is 24.3 Å². The summed E-state index contributed by atoms with van der Waals surface area (Å²) >= 11 is 5.77. The quantitative estimate of drug-likeness (QED) is 0.630. The average molecular weight is 306 g/mol. The smallest absolute Gasteiger partial charge is 0.129 e. The molecule has 2 aromatic rings. The zero-order valence-electron chi connectivity index (χ0n) is 11.5. The third-order valence-electron chi connectivity index (χ3n) is 3.15. The maximum Gasteiger partial charge on any atom is 0.129 e. The number of benzene rings is 2. The first-order valence-electron chi connectivity index (χ1n) is 6.63. The highest BCUT2D eigenvalue weighted by molar-refractivity contribution is 6.30. The van der Waals surface area contributed by atoms with E-state index in [4.69, 9.17) is 22.7 Å². The minimum atomic E-state index is -0.328. The minimum Gasteiger partial charge on any atom is -0.388 e. The van der Waals surface area contributed by atoms with Crippen molar-refractivity contribution in [2.45, 2.75) is 13.0 Å². The molecule has 0 saturated carbocycles. The van der Waals surface area contributed by atoms with Crippen molar-refractivity contribution in [3.63, 3.8) is 0 Å². The maximum atomic E-state index is 13.9. The number of anilines is 1. The third-order valence-corrected chi connectivity index (χ3v) is 3.38. The first-order valence-corrected chi connectivity index (χ1v) is 7.01. The van der Waals surface area contributed by atoms with Crippen LogP contribution in [0.2, 0.25) is 5.02 Å². The Morgan fingerprint density at radius 2 is 1.90 bits per heavy atom. The third kappa shape index (κ3) is 4.46. The zero-order chi connectivity index (χ0) is 15.2. The summed E-state index contributed by atoms with van der Waals surface area (Å²) < 4.78 is 13.9. The van der Waals surface area contributed by atoms with Gasteiger partial charge in [-0.3, -0.25) is 5.41 Å². The molecule has 0 aliphatic heterocycles. The molecule has 0 amide bonds. The summed E-state index contributed by atoms with van der Waals surface area (Å²) in [6.45, 7) is 0.960. The molecule has 0 bridgehead atoms. The summed E-state index contributed by atoms with van der Waals surface area (Å²) in [5.74, 6) is -0.209. The van der Waals surface area contributed by atoms with Crippen LogP contribution in [0.1, 0.15) is 12.0 Å². The first-order chi connectivity index (χ1) is 10.1. The van der Waals surface area contributed by atoms with E-state index in [1.165, 1.54) is 6.07 Å². The molecule has 0 spiro atoms. The number of nitrogens with two attached hydrogens (primary N) is 1.